The highest BCUT2D eigenvalue weighted by molar-refractivity contribution is 5.76. The average molecular weight is 276 g/mol. The van der Waals surface area contributed by atoms with Gasteiger partial charge in [0.05, 0.1) is 0 Å². The van der Waals surface area contributed by atoms with Crippen LogP contribution in [0.5, 0.6) is 0 Å². The van der Waals surface area contributed by atoms with E-state index in [1.807, 2.05) is 25.9 Å². The van der Waals surface area contributed by atoms with Crippen LogP contribution in [0.2, 0.25) is 0 Å². The molecule has 0 saturated heterocycles. The Bertz CT molecular complexity index is 410. The Labute approximate surface area is 123 Å². The van der Waals surface area contributed by atoms with E-state index in [1.165, 1.54) is 11.3 Å². The molecule has 0 atom stereocenters. The smallest absolute Gasteiger partial charge is 0.222 e. The maximum atomic E-state index is 12.2. The fourth-order valence-corrected chi connectivity index (χ4v) is 2.07. The molecule has 0 aliphatic rings. The minimum atomic E-state index is 0.262. The van der Waals surface area contributed by atoms with E-state index in [4.69, 9.17) is 0 Å². The van der Waals surface area contributed by atoms with Crippen molar-refractivity contribution in [3.63, 3.8) is 0 Å². The molecule has 0 aliphatic carbocycles. The van der Waals surface area contributed by atoms with Gasteiger partial charge in [0.1, 0.15) is 0 Å². The van der Waals surface area contributed by atoms with E-state index in [-0.39, 0.29) is 5.91 Å². The lowest BCUT2D eigenvalue weighted by Crippen LogP contribution is -2.30. The lowest BCUT2D eigenvalue weighted by Gasteiger charge is -2.22. The molecule has 112 valence electrons. The third kappa shape index (κ3) is 5.24. The minimum absolute atomic E-state index is 0.262. The molecule has 1 rings (SSSR count). The summed E-state index contributed by atoms with van der Waals surface area (Å²) >= 11 is 0. The second kappa shape index (κ2) is 7.93. The van der Waals surface area contributed by atoms with Crippen LogP contribution < -0.4 is 4.90 Å². The first kappa shape index (κ1) is 16.5. The van der Waals surface area contributed by atoms with Gasteiger partial charge in [-0.3, -0.25) is 4.79 Å². The molecule has 0 heterocycles. The normalized spacial score (nSPS) is 10.7. The number of anilines is 1. The fourth-order valence-electron chi connectivity index (χ4n) is 2.07. The number of carbonyl (C=O) groups is 1. The molecule has 0 N–H and O–H groups in total. The average Bonchev–Trinajstić information content (AvgIpc) is 2.42. The van der Waals surface area contributed by atoms with Gasteiger partial charge in [0.15, 0.2) is 0 Å². The zero-order valence-corrected chi connectivity index (χ0v) is 13.5. The molecule has 20 heavy (non-hydrogen) atoms. The number of hydrogen-bond donors (Lipinski definition) is 0. The van der Waals surface area contributed by atoms with E-state index in [2.05, 4.69) is 43.0 Å². The number of benzene rings is 1. The first-order valence-corrected chi connectivity index (χ1v) is 7.48. The van der Waals surface area contributed by atoms with Gasteiger partial charge in [-0.1, -0.05) is 26.0 Å². The molecule has 0 bridgehead atoms. The molecule has 3 nitrogen and oxygen atoms in total. The van der Waals surface area contributed by atoms with Crippen LogP contribution in [-0.2, 0) is 11.3 Å². The molecule has 1 amide bonds. The third-order valence-corrected chi connectivity index (χ3v) is 3.50. The van der Waals surface area contributed by atoms with E-state index in [9.17, 15) is 4.79 Å². The highest BCUT2D eigenvalue weighted by Gasteiger charge is 2.12. The Morgan fingerprint density at radius 1 is 1.15 bits per heavy atom. The number of carbonyl (C=O) groups excluding carboxylic acids is 1. The lowest BCUT2D eigenvalue weighted by molar-refractivity contribution is -0.131. The van der Waals surface area contributed by atoms with Crippen molar-refractivity contribution < 1.29 is 4.79 Å². The monoisotopic (exact) mass is 276 g/mol. The van der Waals surface area contributed by atoms with Crippen molar-refractivity contribution in [2.45, 2.75) is 40.2 Å². The molecule has 1 aromatic carbocycles. The van der Waals surface area contributed by atoms with Gasteiger partial charge in [-0.25, -0.2) is 0 Å². The first-order valence-electron chi connectivity index (χ1n) is 7.48. The van der Waals surface area contributed by atoms with Crippen LogP contribution in [-0.4, -0.2) is 31.4 Å². The molecule has 0 aromatic heterocycles. The van der Waals surface area contributed by atoms with Crippen molar-refractivity contribution in [2.75, 3.05) is 25.5 Å². The summed E-state index contributed by atoms with van der Waals surface area (Å²) in [7, 11) is 4.06. The summed E-state index contributed by atoms with van der Waals surface area (Å²) in [6.07, 6.45) is 1.62. The number of amides is 1. The summed E-state index contributed by atoms with van der Waals surface area (Å²) in [5.41, 5.74) is 2.37. The summed E-state index contributed by atoms with van der Waals surface area (Å²) in [5.74, 6) is 0.843. The lowest BCUT2D eigenvalue weighted by atomic mass is 10.1. The van der Waals surface area contributed by atoms with Gasteiger partial charge in [0.2, 0.25) is 5.91 Å². The van der Waals surface area contributed by atoms with E-state index < -0.39 is 0 Å². The zero-order valence-electron chi connectivity index (χ0n) is 13.5. The molecular weight excluding hydrogens is 248 g/mol. The van der Waals surface area contributed by atoms with Gasteiger partial charge in [0, 0.05) is 39.3 Å². The third-order valence-electron chi connectivity index (χ3n) is 3.50. The summed E-state index contributed by atoms with van der Waals surface area (Å²) in [6, 6.07) is 8.41. The predicted octanol–water partition coefficient (Wildman–Crippen LogP) is 3.54. The van der Waals surface area contributed by atoms with E-state index >= 15 is 0 Å². The van der Waals surface area contributed by atoms with Crippen molar-refractivity contribution in [3.05, 3.63) is 29.8 Å². The topological polar surface area (TPSA) is 23.6 Å². The summed E-state index contributed by atoms with van der Waals surface area (Å²) in [4.78, 5) is 16.2. The van der Waals surface area contributed by atoms with Crippen LogP contribution in [0.3, 0.4) is 0 Å². The minimum Gasteiger partial charge on any atom is -0.378 e. The van der Waals surface area contributed by atoms with Gasteiger partial charge in [-0.05, 0) is 37.0 Å². The zero-order chi connectivity index (χ0) is 15.1. The highest BCUT2D eigenvalue weighted by Crippen LogP contribution is 2.15. The van der Waals surface area contributed by atoms with Crippen LogP contribution >= 0.6 is 0 Å². The van der Waals surface area contributed by atoms with E-state index in [0.717, 1.165) is 13.0 Å². The molecule has 0 unspecified atom stereocenters. The van der Waals surface area contributed by atoms with Gasteiger partial charge in [-0.2, -0.15) is 0 Å². The van der Waals surface area contributed by atoms with Gasteiger partial charge < -0.3 is 9.80 Å². The molecule has 0 radical (unpaired) electrons. The van der Waals surface area contributed by atoms with Crippen LogP contribution in [0.25, 0.3) is 0 Å². The molecule has 0 spiro atoms. The Kier molecular flexibility index (Phi) is 6.56. The quantitative estimate of drug-likeness (QED) is 0.760. The van der Waals surface area contributed by atoms with E-state index in [0.29, 0.717) is 18.9 Å². The first-order chi connectivity index (χ1) is 9.43. The van der Waals surface area contributed by atoms with Crippen molar-refractivity contribution >= 4 is 11.6 Å². The van der Waals surface area contributed by atoms with Crippen molar-refractivity contribution in [1.82, 2.24) is 4.90 Å². The van der Waals surface area contributed by atoms with E-state index in [1.54, 1.807) is 0 Å². The molecule has 0 saturated carbocycles. The number of rotatable bonds is 7. The van der Waals surface area contributed by atoms with Crippen molar-refractivity contribution in [2.24, 2.45) is 5.92 Å². The largest absolute Gasteiger partial charge is 0.378 e. The highest BCUT2D eigenvalue weighted by atomic mass is 16.2. The Balaban J connectivity index is 2.61. The molecule has 0 fully saturated rings. The van der Waals surface area contributed by atoms with Crippen molar-refractivity contribution in [1.29, 1.82) is 0 Å². The van der Waals surface area contributed by atoms with Crippen LogP contribution in [0.1, 0.15) is 39.2 Å². The molecule has 1 aromatic rings. The SMILES string of the molecule is CCN(Cc1ccc(N(C)C)cc1)C(=O)CCC(C)C. The summed E-state index contributed by atoms with van der Waals surface area (Å²) < 4.78 is 0. The predicted molar refractivity (Wildman–Crippen MR) is 85.9 cm³/mol. The second-order valence-corrected chi connectivity index (χ2v) is 5.90. The maximum absolute atomic E-state index is 12.2. The summed E-state index contributed by atoms with van der Waals surface area (Å²) in [5, 5.41) is 0. The number of hydrogen-bond acceptors (Lipinski definition) is 2. The van der Waals surface area contributed by atoms with Crippen LogP contribution in [0, 0.1) is 5.92 Å². The molecule has 3 heteroatoms. The number of nitrogens with zero attached hydrogens (tertiary/aromatic N) is 2. The summed E-state index contributed by atoms with van der Waals surface area (Å²) in [6.45, 7) is 7.84. The fraction of sp³-hybridized carbons (Fsp3) is 0.588. The maximum Gasteiger partial charge on any atom is 0.222 e. The standard InChI is InChI=1S/C17H28N2O/c1-6-19(17(20)12-7-14(2)3)13-15-8-10-16(11-9-15)18(4)5/h8-11,14H,6-7,12-13H2,1-5H3. The molecule has 0 aliphatic heterocycles. The van der Waals surface area contributed by atoms with Crippen LogP contribution in [0.4, 0.5) is 5.69 Å². The Hall–Kier alpha value is -1.51. The Morgan fingerprint density at radius 2 is 1.75 bits per heavy atom. The van der Waals surface area contributed by atoms with Crippen LogP contribution in [0.15, 0.2) is 24.3 Å². The second-order valence-electron chi connectivity index (χ2n) is 5.90. The van der Waals surface area contributed by atoms with Gasteiger partial charge >= 0.3 is 0 Å². The molecular formula is C17H28N2O. The van der Waals surface area contributed by atoms with Gasteiger partial charge in [0.25, 0.3) is 0 Å². The van der Waals surface area contributed by atoms with Gasteiger partial charge in [-0.15, -0.1) is 0 Å². The van der Waals surface area contributed by atoms with Crippen molar-refractivity contribution in [3.8, 4) is 0 Å². The Morgan fingerprint density at radius 3 is 2.20 bits per heavy atom.